The first kappa shape index (κ1) is 2.88. The van der Waals surface area contributed by atoms with Gasteiger partial charge in [0.25, 0.3) is 0 Å². The zero-order valence-electron chi connectivity index (χ0n) is 2.99. The minimum atomic E-state index is 1.18. The number of rotatable bonds is 1. The Balaban J connectivity index is 2.21. The fourth-order valence-corrected chi connectivity index (χ4v) is 0.217. The van der Waals surface area contributed by atoms with E-state index in [2.05, 4.69) is 0 Å². The molecule has 0 atom stereocenters. The summed E-state index contributed by atoms with van der Waals surface area (Å²) in [6, 6.07) is 0. The lowest BCUT2D eigenvalue weighted by molar-refractivity contribution is 1.50. The Kier molecular flexibility index (Phi) is 0.469. The van der Waals surface area contributed by atoms with E-state index < -0.39 is 0 Å². The van der Waals surface area contributed by atoms with Gasteiger partial charge in [-0.2, -0.15) is 0 Å². The van der Waals surface area contributed by atoms with Gasteiger partial charge in [-0.1, -0.05) is 0 Å². The third kappa shape index (κ3) is 0.469. The molecule has 0 heterocycles. The van der Waals surface area contributed by atoms with Crippen molar-refractivity contribution in [1.82, 2.24) is 0 Å². The molecule has 1 radical (unpaired) electrons. The molecule has 27 valence electrons. The number of hydrogen-bond donors (Lipinski definition) is 1. The average Bonchev–Trinajstić information content (AvgIpc) is 2.12. The van der Waals surface area contributed by atoms with Crippen LogP contribution in [0.4, 0.5) is 0 Å². The molecule has 0 saturated heterocycles. The summed E-state index contributed by atoms with van der Waals surface area (Å²) in [5, 5.41) is 6.56. The lowest BCUT2D eigenvalue weighted by Gasteiger charge is -1.59. The van der Waals surface area contributed by atoms with Crippen molar-refractivity contribution in [3.05, 3.63) is 5.92 Å². The molecule has 1 nitrogen and oxygen atoms in total. The molecule has 5 heavy (non-hydrogen) atoms. The molecular weight excluding hydrogens is 62.1 g/mol. The van der Waals surface area contributed by atoms with Crippen molar-refractivity contribution in [2.24, 2.45) is 0 Å². The van der Waals surface area contributed by atoms with E-state index in [0.717, 1.165) is 0 Å². The van der Waals surface area contributed by atoms with Crippen LogP contribution < -0.4 is 0 Å². The maximum Gasteiger partial charge on any atom is 0.0156 e. The first-order chi connectivity index (χ1) is 2.43. The summed E-state index contributed by atoms with van der Waals surface area (Å²) in [7, 11) is 0. The summed E-state index contributed by atoms with van der Waals surface area (Å²) in [6.45, 7) is 0. The van der Waals surface area contributed by atoms with E-state index in [1.165, 1.54) is 25.0 Å². The Hall–Kier alpha value is -0.330. The predicted molar refractivity (Wildman–Crippen MR) is 21.3 cm³/mol. The van der Waals surface area contributed by atoms with Crippen LogP contribution in [0.15, 0.2) is 0 Å². The molecule has 0 aromatic carbocycles. The monoisotopic (exact) mass is 68.1 g/mol. The molecule has 0 bridgehead atoms. The second-order valence-corrected chi connectivity index (χ2v) is 1.30. The first-order valence-electron chi connectivity index (χ1n) is 1.78. The Morgan fingerprint density at radius 3 is 2.20 bits per heavy atom. The van der Waals surface area contributed by atoms with Crippen molar-refractivity contribution in [1.29, 1.82) is 5.41 Å². The van der Waals surface area contributed by atoms with Gasteiger partial charge >= 0.3 is 0 Å². The quantitative estimate of drug-likeness (QED) is 0.443. The molecule has 1 aliphatic carbocycles. The smallest absolute Gasteiger partial charge is 0.0156 e. The normalized spacial score (nSPS) is 22.4. The van der Waals surface area contributed by atoms with Crippen LogP contribution >= 0.6 is 0 Å². The Bertz CT molecular complexity index is 45.6. The highest BCUT2D eigenvalue weighted by Gasteiger charge is 2.17. The van der Waals surface area contributed by atoms with Gasteiger partial charge in [0.2, 0.25) is 0 Å². The van der Waals surface area contributed by atoms with Crippen molar-refractivity contribution in [3.63, 3.8) is 0 Å². The summed E-state index contributed by atoms with van der Waals surface area (Å²) in [6.07, 6.45) is 3.81. The SMILES string of the molecule is N=C[C]1CC1. The molecule has 0 amide bonds. The predicted octanol–water partition coefficient (Wildman–Crippen LogP) is 1.00. The molecule has 1 saturated carbocycles. The van der Waals surface area contributed by atoms with Gasteiger partial charge in [0, 0.05) is 12.1 Å². The minimum Gasteiger partial charge on any atom is -0.312 e. The van der Waals surface area contributed by atoms with Gasteiger partial charge in [0.15, 0.2) is 0 Å². The maximum absolute atomic E-state index is 6.56. The fourth-order valence-electron chi connectivity index (χ4n) is 0.217. The lowest BCUT2D eigenvalue weighted by atomic mass is 10.5. The Morgan fingerprint density at radius 1 is 1.60 bits per heavy atom. The molecule has 1 N–H and O–H groups in total. The van der Waals surface area contributed by atoms with E-state index in [0.29, 0.717) is 0 Å². The van der Waals surface area contributed by atoms with E-state index >= 15 is 0 Å². The second-order valence-electron chi connectivity index (χ2n) is 1.30. The molecular formula is C4H6N. The zero-order valence-corrected chi connectivity index (χ0v) is 2.99. The average molecular weight is 68.1 g/mol. The third-order valence-electron chi connectivity index (χ3n) is 0.743. The summed E-state index contributed by atoms with van der Waals surface area (Å²) in [4.78, 5) is 0. The topological polar surface area (TPSA) is 23.9 Å². The number of hydrogen-bond acceptors (Lipinski definition) is 1. The van der Waals surface area contributed by atoms with E-state index in [9.17, 15) is 0 Å². The van der Waals surface area contributed by atoms with Gasteiger partial charge in [-0.25, -0.2) is 0 Å². The molecule has 1 heteroatoms. The van der Waals surface area contributed by atoms with Crippen molar-refractivity contribution >= 4 is 6.21 Å². The van der Waals surface area contributed by atoms with Gasteiger partial charge in [-0.15, -0.1) is 0 Å². The summed E-state index contributed by atoms with van der Waals surface area (Å²) < 4.78 is 0. The molecule has 0 aromatic rings. The highest BCUT2D eigenvalue weighted by molar-refractivity contribution is 5.75. The first-order valence-corrected chi connectivity index (χ1v) is 1.78. The largest absolute Gasteiger partial charge is 0.312 e. The molecule has 1 fully saturated rings. The standard InChI is InChI=1S/C4H6N/c5-3-4-1-2-4/h3,5H,1-2H2. The molecule has 1 rings (SSSR count). The van der Waals surface area contributed by atoms with Crippen LogP contribution in [0.25, 0.3) is 0 Å². The van der Waals surface area contributed by atoms with Gasteiger partial charge < -0.3 is 5.41 Å². The molecule has 0 aliphatic heterocycles. The van der Waals surface area contributed by atoms with E-state index in [1.54, 1.807) is 0 Å². The number of nitrogens with one attached hydrogen (secondary N) is 1. The highest BCUT2D eigenvalue weighted by Crippen LogP contribution is 2.28. The summed E-state index contributed by atoms with van der Waals surface area (Å²) in [5.74, 6) is 1.30. The molecule has 0 spiro atoms. The van der Waals surface area contributed by atoms with Gasteiger partial charge in [0.1, 0.15) is 0 Å². The Morgan fingerprint density at radius 2 is 2.20 bits per heavy atom. The van der Waals surface area contributed by atoms with Crippen LogP contribution in [0.1, 0.15) is 12.8 Å². The molecule has 0 unspecified atom stereocenters. The van der Waals surface area contributed by atoms with E-state index in [4.69, 9.17) is 5.41 Å². The van der Waals surface area contributed by atoms with Crippen LogP contribution in [0.3, 0.4) is 0 Å². The van der Waals surface area contributed by atoms with Crippen LogP contribution in [0.2, 0.25) is 0 Å². The lowest BCUT2D eigenvalue weighted by Crippen LogP contribution is -1.61. The second kappa shape index (κ2) is 0.814. The van der Waals surface area contributed by atoms with Crippen LogP contribution in [-0.2, 0) is 0 Å². The van der Waals surface area contributed by atoms with Crippen LogP contribution in [0.5, 0.6) is 0 Å². The summed E-state index contributed by atoms with van der Waals surface area (Å²) in [5.41, 5.74) is 0. The van der Waals surface area contributed by atoms with Crippen molar-refractivity contribution in [2.45, 2.75) is 12.8 Å². The van der Waals surface area contributed by atoms with Crippen LogP contribution in [-0.4, -0.2) is 6.21 Å². The van der Waals surface area contributed by atoms with Crippen molar-refractivity contribution < 1.29 is 0 Å². The van der Waals surface area contributed by atoms with E-state index in [-0.39, 0.29) is 0 Å². The molecule has 0 aromatic heterocycles. The van der Waals surface area contributed by atoms with Gasteiger partial charge in [-0.05, 0) is 12.8 Å². The Labute approximate surface area is 31.5 Å². The summed E-state index contributed by atoms with van der Waals surface area (Å²) >= 11 is 0. The van der Waals surface area contributed by atoms with Gasteiger partial charge in [0.05, 0.1) is 0 Å². The van der Waals surface area contributed by atoms with Crippen molar-refractivity contribution in [3.8, 4) is 0 Å². The molecule has 1 aliphatic rings. The third-order valence-corrected chi connectivity index (χ3v) is 0.743. The van der Waals surface area contributed by atoms with Gasteiger partial charge in [-0.3, -0.25) is 0 Å². The van der Waals surface area contributed by atoms with Crippen LogP contribution in [0, 0.1) is 11.3 Å². The highest BCUT2D eigenvalue weighted by atomic mass is 14.4. The zero-order chi connectivity index (χ0) is 3.70. The fraction of sp³-hybridized carbons (Fsp3) is 0.500. The van der Waals surface area contributed by atoms with Crippen molar-refractivity contribution in [2.75, 3.05) is 0 Å². The van der Waals surface area contributed by atoms with E-state index in [1.807, 2.05) is 0 Å². The minimum absolute atomic E-state index is 1.18. The maximum atomic E-state index is 6.56.